The SMILES string of the molecule is CN=C(NCCNC(=O)c1ccccc1Cl)NCc1ccccc1CN1CCOCC1.I. The van der Waals surface area contributed by atoms with Crippen molar-refractivity contribution in [3.05, 3.63) is 70.2 Å². The van der Waals surface area contributed by atoms with E-state index in [0.717, 1.165) is 32.8 Å². The minimum Gasteiger partial charge on any atom is -0.379 e. The fourth-order valence-corrected chi connectivity index (χ4v) is 3.60. The van der Waals surface area contributed by atoms with Gasteiger partial charge in [0.15, 0.2) is 5.96 Å². The summed E-state index contributed by atoms with van der Waals surface area (Å²) in [6.45, 7) is 6.11. The summed E-state index contributed by atoms with van der Waals surface area (Å²) >= 11 is 6.06. The number of guanidine groups is 1. The second-order valence-corrected chi connectivity index (χ2v) is 7.65. The number of rotatable bonds is 8. The summed E-state index contributed by atoms with van der Waals surface area (Å²) < 4.78 is 5.44. The summed E-state index contributed by atoms with van der Waals surface area (Å²) in [5.41, 5.74) is 3.02. The molecular formula is C23H31ClIN5O2. The Bertz CT molecular complexity index is 890. The van der Waals surface area contributed by atoms with E-state index < -0.39 is 0 Å². The molecule has 174 valence electrons. The molecule has 2 aromatic carbocycles. The molecule has 1 heterocycles. The van der Waals surface area contributed by atoms with Gasteiger partial charge in [0.2, 0.25) is 0 Å². The van der Waals surface area contributed by atoms with Crippen molar-refractivity contribution in [1.29, 1.82) is 0 Å². The van der Waals surface area contributed by atoms with Crippen molar-refractivity contribution in [2.75, 3.05) is 46.4 Å². The molecule has 32 heavy (non-hydrogen) atoms. The van der Waals surface area contributed by atoms with E-state index in [2.05, 4.69) is 50.1 Å². The fourth-order valence-electron chi connectivity index (χ4n) is 3.38. The van der Waals surface area contributed by atoms with Crippen molar-refractivity contribution in [1.82, 2.24) is 20.9 Å². The Morgan fingerprint density at radius 2 is 1.66 bits per heavy atom. The van der Waals surface area contributed by atoms with E-state index in [-0.39, 0.29) is 29.9 Å². The van der Waals surface area contributed by atoms with Crippen LogP contribution in [0.1, 0.15) is 21.5 Å². The molecule has 0 aromatic heterocycles. The molecule has 1 aliphatic heterocycles. The van der Waals surface area contributed by atoms with Crippen LogP contribution >= 0.6 is 35.6 Å². The maximum Gasteiger partial charge on any atom is 0.252 e. The van der Waals surface area contributed by atoms with Crippen LogP contribution in [-0.4, -0.2) is 63.2 Å². The molecule has 1 saturated heterocycles. The molecule has 3 N–H and O–H groups in total. The Morgan fingerprint density at radius 1 is 1.00 bits per heavy atom. The largest absolute Gasteiger partial charge is 0.379 e. The number of carbonyl (C=O) groups is 1. The minimum absolute atomic E-state index is 0. The molecule has 0 atom stereocenters. The third-order valence-corrected chi connectivity index (χ3v) is 5.44. The quantitative estimate of drug-likeness (QED) is 0.197. The number of amides is 1. The van der Waals surface area contributed by atoms with Gasteiger partial charge in [-0.05, 0) is 23.3 Å². The topological polar surface area (TPSA) is 78.0 Å². The highest BCUT2D eigenvalue weighted by atomic mass is 127. The third kappa shape index (κ3) is 8.23. The van der Waals surface area contributed by atoms with E-state index in [0.29, 0.717) is 36.2 Å². The van der Waals surface area contributed by atoms with E-state index in [9.17, 15) is 4.79 Å². The van der Waals surface area contributed by atoms with Crippen molar-refractivity contribution in [2.24, 2.45) is 4.99 Å². The lowest BCUT2D eigenvalue weighted by Crippen LogP contribution is -2.41. The maximum absolute atomic E-state index is 12.2. The van der Waals surface area contributed by atoms with Crippen LogP contribution in [0.4, 0.5) is 0 Å². The summed E-state index contributed by atoms with van der Waals surface area (Å²) in [5, 5.41) is 9.89. The van der Waals surface area contributed by atoms with Gasteiger partial charge in [0.25, 0.3) is 5.91 Å². The van der Waals surface area contributed by atoms with E-state index in [1.54, 1.807) is 31.3 Å². The molecule has 1 aliphatic rings. The number of aliphatic imine (C=N–C) groups is 1. The third-order valence-electron chi connectivity index (χ3n) is 5.11. The second-order valence-electron chi connectivity index (χ2n) is 7.25. The van der Waals surface area contributed by atoms with Gasteiger partial charge in [-0.3, -0.25) is 14.7 Å². The molecule has 2 aromatic rings. The highest BCUT2D eigenvalue weighted by molar-refractivity contribution is 14.0. The van der Waals surface area contributed by atoms with E-state index in [4.69, 9.17) is 16.3 Å². The molecule has 7 nitrogen and oxygen atoms in total. The molecule has 9 heteroatoms. The normalized spacial score (nSPS) is 14.4. The van der Waals surface area contributed by atoms with Gasteiger partial charge < -0.3 is 20.7 Å². The van der Waals surface area contributed by atoms with Crippen LogP contribution in [-0.2, 0) is 17.8 Å². The first-order valence-corrected chi connectivity index (χ1v) is 10.9. The van der Waals surface area contributed by atoms with Gasteiger partial charge in [-0.15, -0.1) is 24.0 Å². The van der Waals surface area contributed by atoms with Crippen LogP contribution < -0.4 is 16.0 Å². The van der Waals surface area contributed by atoms with Gasteiger partial charge >= 0.3 is 0 Å². The molecule has 1 fully saturated rings. The Hall–Kier alpha value is -1.88. The average Bonchev–Trinajstić information content (AvgIpc) is 2.80. The van der Waals surface area contributed by atoms with Gasteiger partial charge in [0.1, 0.15) is 0 Å². The standard InChI is InChI=1S/C23H30ClN5O2.HI/c1-25-23(27-11-10-26-22(30)20-8-4-5-9-21(20)24)28-16-18-6-2-3-7-19(18)17-29-12-14-31-15-13-29;/h2-9H,10-17H2,1H3,(H,26,30)(H2,25,27,28);1H. The Kier molecular flexibility index (Phi) is 11.8. The molecule has 0 radical (unpaired) electrons. The number of hydrogen-bond acceptors (Lipinski definition) is 4. The van der Waals surface area contributed by atoms with Crippen molar-refractivity contribution in [2.45, 2.75) is 13.1 Å². The number of benzene rings is 2. The molecule has 0 bridgehead atoms. The van der Waals surface area contributed by atoms with E-state index in [1.807, 2.05) is 0 Å². The first-order valence-electron chi connectivity index (χ1n) is 10.5. The molecule has 0 spiro atoms. The number of nitrogens with zero attached hydrogens (tertiary/aromatic N) is 2. The molecule has 0 aliphatic carbocycles. The Balaban J connectivity index is 0.00000363. The maximum atomic E-state index is 12.2. The minimum atomic E-state index is -0.188. The monoisotopic (exact) mass is 571 g/mol. The van der Waals surface area contributed by atoms with Crippen molar-refractivity contribution < 1.29 is 9.53 Å². The van der Waals surface area contributed by atoms with Gasteiger partial charge in [-0.1, -0.05) is 48.0 Å². The second kappa shape index (κ2) is 14.3. The molecule has 0 unspecified atom stereocenters. The highest BCUT2D eigenvalue weighted by Crippen LogP contribution is 2.14. The number of carbonyl (C=O) groups excluding carboxylic acids is 1. The first kappa shape index (κ1) is 26.4. The number of halogens is 2. The van der Waals surface area contributed by atoms with Crippen molar-refractivity contribution in [3.63, 3.8) is 0 Å². The van der Waals surface area contributed by atoms with Crippen molar-refractivity contribution >= 4 is 47.4 Å². The molecular weight excluding hydrogens is 541 g/mol. The van der Waals surface area contributed by atoms with Crippen LogP contribution in [0.15, 0.2) is 53.5 Å². The number of ether oxygens (including phenoxy) is 1. The molecule has 3 rings (SSSR count). The summed E-state index contributed by atoms with van der Waals surface area (Å²) in [7, 11) is 1.73. The van der Waals surface area contributed by atoms with Crippen LogP contribution in [0.5, 0.6) is 0 Å². The zero-order valence-corrected chi connectivity index (χ0v) is 21.4. The van der Waals surface area contributed by atoms with Crippen LogP contribution in [0.3, 0.4) is 0 Å². The molecule has 1 amide bonds. The van der Waals surface area contributed by atoms with Crippen LogP contribution in [0.25, 0.3) is 0 Å². The van der Waals surface area contributed by atoms with E-state index >= 15 is 0 Å². The van der Waals surface area contributed by atoms with Crippen LogP contribution in [0, 0.1) is 0 Å². The van der Waals surface area contributed by atoms with Gasteiger partial charge in [0, 0.05) is 46.3 Å². The van der Waals surface area contributed by atoms with Gasteiger partial charge in [-0.2, -0.15) is 0 Å². The van der Waals surface area contributed by atoms with E-state index in [1.165, 1.54) is 11.1 Å². The zero-order valence-electron chi connectivity index (χ0n) is 18.3. The Morgan fingerprint density at radius 3 is 2.38 bits per heavy atom. The smallest absolute Gasteiger partial charge is 0.252 e. The zero-order chi connectivity index (χ0) is 21.9. The Labute approximate surface area is 212 Å². The van der Waals surface area contributed by atoms with Crippen molar-refractivity contribution in [3.8, 4) is 0 Å². The van der Waals surface area contributed by atoms with Crippen LogP contribution in [0.2, 0.25) is 5.02 Å². The predicted molar refractivity (Wildman–Crippen MR) is 140 cm³/mol. The summed E-state index contributed by atoms with van der Waals surface area (Å²) in [4.78, 5) is 18.9. The number of morpholine rings is 1. The highest BCUT2D eigenvalue weighted by Gasteiger charge is 2.13. The summed E-state index contributed by atoms with van der Waals surface area (Å²) in [6.07, 6.45) is 0. The lowest BCUT2D eigenvalue weighted by Gasteiger charge is -2.27. The predicted octanol–water partition coefficient (Wildman–Crippen LogP) is 2.89. The summed E-state index contributed by atoms with van der Waals surface area (Å²) in [5.74, 6) is 0.501. The van der Waals surface area contributed by atoms with Gasteiger partial charge in [-0.25, -0.2) is 0 Å². The lowest BCUT2D eigenvalue weighted by atomic mass is 10.1. The lowest BCUT2D eigenvalue weighted by molar-refractivity contribution is 0.0341. The average molecular weight is 572 g/mol. The fraction of sp³-hybridized carbons (Fsp3) is 0.391. The number of hydrogen-bond donors (Lipinski definition) is 3. The summed E-state index contributed by atoms with van der Waals surface area (Å²) in [6, 6.07) is 15.5. The van der Waals surface area contributed by atoms with Gasteiger partial charge in [0.05, 0.1) is 23.8 Å². The first-order chi connectivity index (χ1) is 15.2. The number of nitrogens with one attached hydrogen (secondary N) is 3. The molecule has 0 saturated carbocycles.